The molecule has 8 nitrogen and oxygen atoms in total. The molecule has 0 saturated heterocycles. The van der Waals surface area contributed by atoms with E-state index in [9.17, 15) is 9.59 Å². The number of aromatic nitrogens is 4. The van der Waals surface area contributed by atoms with Crippen LogP contribution in [-0.4, -0.2) is 19.1 Å². The van der Waals surface area contributed by atoms with Crippen molar-refractivity contribution in [3.63, 3.8) is 0 Å². The number of azo groups is 1. The molecule has 0 aliphatic heterocycles. The number of hydrogen-bond donors (Lipinski definition) is 1. The number of nitrogens with one attached hydrogen (secondary N) is 1. The third-order valence-electron chi connectivity index (χ3n) is 5.16. The first kappa shape index (κ1) is 20.8. The van der Waals surface area contributed by atoms with Gasteiger partial charge in [0.2, 0.25) is 5.95 Å². The van der Waals surface area contributed by atoms with Crippen LogP contribution in [0.3, 0.4) is 0 Å². The van der Waals surface area contributed by atoms with Gasteiger partial charge >= 0.3 is 5.69 Å². The molecular weight excluding hydrogens is 484 g/mol. The molecule has 0 aliphatic rings. The molecule has 33 heavy (non-hydrogen) atoms. The van der Waals surface area contributed by atoms with Crippen LogP contribution in [0, 0.1) is 6.92 Å². The van der Waals surface area contributed by atoms with Crippen LogP contribution in [0.2, 0.25) is 0 Å². The van der Waals surface area contributed by atoms with E-state index in [4.69, 9.17) is 0 Å². The van der Waals surface area contributed by atoms with E-state index in [-0.39, 0.29) is 5.69 Å². The molecule has 0 saturated carbocycles. The molecule has 5 aromatic rings. The summed E-state index contributed by atoms with van der Waals surface area (Å²) in [7, 11) is 0. The van der Waals surface area contributed by atoms with E-state index >= 15 is 0 Å². The van der Waals surface area contributed by atoms with Gasteiger partial charge in [0.1, 0.15) is 0 Å². The van der Waals surface area contributed by atoms with E-state index in [1.165, 1.54) is 4.57 Å². The fourth-order valence-corrected chi connectivity index (χ4v) is 3.79. The lowest BCUT2D eigenvalue weighted by Gasteiger charge is -2.13. The number of aromatic amines is 1. The lowest BCUT2D eigenvalue weighted by molar-refractivity contribution is 0.753. The summed E-state index contributed by atoms with van der Waals surface area (Å²) in [5.41, 5.74) is 1.74. The number of imidazole rings is 1. The maximum atomic E-state index is 13.5. The molecule has 2 aromatic heterocycles. The Bertz CT molecular complexity index is 1580. The van der Waals surface area contributed by atoms with Crippen molar-refractivity contribution in [1.82, 2.24) is 19.1 Å². The molecule has 1 N–H and O–H groups in total. The smallest absolute Gasteiger partial charge is 0.323 e. The van der Waals surface area contributed by atoms with Crippen molar-refractivity contribution in [1.29, 1.82) is 0 Å². The Hall–Kier alpha value is -4.11. The molecule has 9 heteroatoms. The van der Waals surface area contributed by atoms with Crippen molar-refractivity contribution < 1.29 is 0 Å². The van der Waals surface area contributed by atoms with Gasteiger partial charge in [0.05, 0.1) is 28.1 Å². The van der Waals surface area contributed by atoms with Crippen LogP contribution in [0.25, 0.3) is 22.7 Å². The standard InChI is InChI=1S/C24H17BrN6O2/c1-15-21(29-28-17-13-11-16(25)12-14-17)22(32)31(18-7-3-2-4-8-18)24(33)30(15)23-26-19-9-5-6-10-20(19)27-23/h2-14H,1H3,(H,26,27). The Labute approximate surface area is 196 Å². The quantitative estimate of drug-likeness (QED) is 0.336. The zero-order chi connectivity index (χ0) is 22.9. The Morgan fingerprint density at radius 2 is 1.55 bits per heavy atom. The topological polar surface area (TPSA) is 97.4 Å². The average molecular weight is 501 g/mol. The maximum absolute atomic E-state index is 13.5. The lowest BCUT2D eigenvalue weighted by Crippen LogP contribution is -2.39. The van der Waals surface area contributed by atoms with Crippen LogP contribution in [0.5, 0.6) is 0 Å². The van der Waals surface area contributed by atoms with Gasteiger partial charge in [-0.25, -0.2) is 18.9 Å². The van der Waals surface area contributed by atoms with E-state index in [0.717, 1.165) is 14.6 Å². The van der Waals surface area contributed by atoms with E-state index < -0.39 is 11.2 Å². The van der Waals surface area contributed by atoms with Crippen molar-refractivity contribution in [2.45, 2.75) is 6.92 Å². The van der Waals surface area contributed by atoms with Gasteiger partial charge in [-0.1, -0.05) is 46.3 Å². The average Bonchev–Trinajstić information content (AvgIpc) is 3.24. The zero-order valence-corrected chi connectivity index (χ0v) is 19.0. The Morgan fingerprint density at radius 1 is 0.848 bits per heavy atom. The van der Waals surface area contributed by atoms with Gasteiger partial charge in [-0.3, -0.25) is 4.79 Å². The molecule has 0 aliphatic carbocycles. The molecule has 0 atom stereocenters. The first-order valence-electron chi connectivity index (χ1n) is 10.1. The number of rotatable bonds is 4. The van der Waals surface area contributed by atoms with E-state index in [1.54, 1.807) is 43.3 Å². The van der Waals surface area contributed by atoms with E-state index in [0.29, 0.717) is 28.5 Å². The third-order valence-corrected chi connectivity index (χ3v) is 5.69. The van der Waals surface area contributed by atoms with Crippen LogP contribution in [0.1, 0.15) is 5.69 Å². The Morgan fingerprint density at radius 3 is 2.27 bits per heavy atom. The summed E-state index contributed by atoms with van der Waals surface area (Å²) >= 11 is 3.38. The van der Waals surface area contributed by atoms with Crippen LogP contribution in [0.15, 0.2) is 103 Å². The molecule has 0 fully saturated rings. The van der Waals surface area contributed by atoms with Gasteiger partial charge in [0, 0.05) is 4.47 Å². The first-order chi connectivity index (χ1) is 16.0. The minimum atomic E-state index is -0.558. The maximum Gasteiger partial charge on any atom is 0.342 e. The van der Waals surface area contributed by atoms with Gasteiger partial charge in [0.25, 0.3) is 5.56 Å². The number of benzene rings is 3. The second-order valence-corrected chi connectivity index (χ2v) is 8.20. The summed E-state index contributed by atoms with van der Waals surface area (Å²) in [4.78, 5) is 34.7. The highest BCUT2D eigenvalue weighted by molar-refractivity contribution is 9.10. The van der Waals surface area contributed by atoms with Gasteiger partial charge in [0.15, 0.2) is 5.69 Å². The molecule has 162 valence electrons. The second-order valence-electron chi connectivity index (χ2n) is 7.28. The lowest BCUT2D eigenvalue weighted by atomic mass is 10.3. The normalized spacial score (nSPS) is 11.5. The summed E-state index contributed by atoms with van der Waals surface area (Å²) < 4.78 is 3.34. The second kappa shape index (κ2) is 8.44. The van der Waals surface area contributed by atoms with Crippen molar-refractivity contribution in [2.75, 3.05) is 0 Å². The fourth-order valence-electron chi connectivity index (χ4n) is 3.53. The summed E-state index contributed by atoms with van der Waals surface area (Å²) in [5.74, 6) is 0.295. The highest BCUT2D eigenvalue weighted by Gasteiger charge is 2.20. The van der Waals surface area contributed by atoms with Crippen molar-refractivity contribution in [3.8, 4) is 11.6 Å². The number of hydrogen-bond acceptors (Lipinski definition) is 5. The molecule has 0 unspecified atom stereocenters. The predicted molar refractivity (Wildman–Crippen MR) is 130 cm³/mol. The fraction of sp³-hybridized carbons (Fsp3) is 0.0417. The van der Waals surface area contributed by atoms with E-state index in [1.807, 2.05) is 42.5 Å². The molecule has 0 amide bonds. The van der Waals surface area contributed by atoms with Crippen LogP contribution in [-0.2, 0) is 0 Å². The molecule has 3 aromatic carbocycles. The highest BCUT2D eigenvalue weighted by atomic mass is 79.9. The number of H-pyrrole nitrogens is 1. The largest absolute Gasteiger partial charge is 0.342 e. The number of halogens is 1. The van der Waals surface area contributed by atoms with Crippen LogP contribution in [0.4, 0.5) is 11.4 Å². The highest BCUT2D eigenvalue weighted by Crippen LogP contribution is 2.22. The minimum absolute atomic E-state index is 0.0434. The molecule has 0 spiro atoms. The van der Waals surface area contributed by atoms with E-state index in [2.05, 4.69) is 36.1 Å². The Kier molecular flexibility index (Phi) is 5.31. The van der Waals surface area contributed by atoms with Crippen molar-refractivity contribution in [2.24, 2.45) is 10.2 Å². The number of para-hydroxylation sites is 3. The zero-order valence-electron chi connectivity index (χ0n) is 17.4. The predicted octanol–water partition coefficient (Wildman–Crippen LogP) is 5.35. The van der Waals surface area contributed by atoms with Gasteiger partial charge < -0.3 is 4.98 Å². The number of fused-ring (bicyclic) bond motifs is 1. The summed E-state index contributed by atoms with van der Waals surface area (Å²) in [5, 5.41) is 8.47. The molecule has 0 bridgehead atoms. The molecule has 2 heterocycles. The summed E-state index contributed by atoms with van der Waals surface area (Å²) in [6, 6.07) is 23.4. The van der Waals surface area contributed by atoms with Crippen LogP contribution >= 0.6 is 15.9 Å². The third kappa shape index (κ3) is 3.83. The van der Waals surface area contributed by atoms with Gasteiger partial charge in [-0.2, -0.15) is 5.11 Å². The van der Waals surface area contributed by atoms with Gasteiger partial charge in [-0.05, 0) is 55.5 Å². The molecular formula is C24H17BrN6O2. The van der Waals surface area contributed by atoms with Crippen molar-refractivity contribution in [3.05, 3.63) is 110 Å². The Balaban J connectivity index is 1.78. The molecule has 5 rings (SSSR count). The number of nitrogens with zero attached hydrogens (tertiary/aromatic N) is 5. The first-order valence-corrected chi connectivity index (χ1v) is 10.9. The van der Waals surface area contributed by atoms with Gasteiger partial charge in [-0.15, -0.1) is 5.11 Å². The SMILES string of the molecule is Cc1c(N=Nc2ccc(Br)cc2)c(=O)n(-c2ccccc2)c(=O)n1-c1nc2ccccc2[nH]1. The minimum Gasteiger partial charge on any atom is -0.323 e. The van der Waals surface area contributed by atoms with Crippen LogP contribution < -0.4 is 11.2 Å². The summed E-state index contributed by atoms with van der Waals surface area (Å²) in [6.07, 6.45) is 0. The monoisotopic (exact) mass is 500 g/mol. The molecule has 0 radical (unpaired) electrons. The summed E-state index contributed by atoms with van der Waals surface area (Å²) in [6.45, 7) is 1.65. The van der Waals surface area contributed by atoms with Crippen molar-refractivity contribution >= 4 is 38.3 Å².